The van der Waals surface area contributed by atoms with Crippen LogP contribution in [0.4, 0.5) is 16.6 Å². The van der Waals surface area contributed by atoms with Gasteiger partial charge in [-0.2, -0.15) is 24.9 Å². The first-order valence-electron chi connectivity index (χ1n) is 20.7. The number of aromatic nitrogens is 5. The van der Waals surface area contributed by atoms with Gasteiger partial charge in [0.2, 0.25) is 21.9 Å². The number of sulfonamides is 1. The molecule has 1 atom stereocenters. The Morgan fingerprint density at radius 2 is 1.72 bits per heavy atom. The molecule has 316 valence electrons. The summed E-state index contributed by atoms with van der Waals surface area (Å²) in [4.78, 5) is 50.0. The lowest BCUT2D eigenvalue weighted by molar-refractivity contribution is -0.120. The molecular weight excluding hydrogens is 797 g/mol. The number of carbonyl (C=O) groups is 2. The number of fused-ring (bicyclic) bond motifs is 2. The number of rotatable bonds is 11. The third-order valence-corrected chi connectivity index (χ3v) is 14.2. The van der Waals surface area contributed by atoms with E-state index in [1.54, 1.807) is 36.1 Å². The molecule has 8 rings (SSSR count). The number of imide groups is 1. The maximum Gasteiger partial charge on any atom is 0.329 e. The molecular formula is C43H48N12O5S. The first-order chi connectivity index (χ1) is 29.3. The van der Waals surface area contributed by atoms with E-state index in [1.807, 2.05) is 19.2 Å². The SMILES string of the molecule is CC(Cc1cc(S(=O)(=O)N2CCC(Nc3ncc4cc(CC#N)c(=O)n(C)c4n3)CC2)ccc1C#N)CN1CCC(c2ccc3c(N4CCC(=O)NC4=O)nn(C)c3c2)CC1. The Kier molecular flexibility index (Phi) is 11.6. The standard InChI is InChI=1S/C43H48N12O5S/c1-27(26-53-15-9-28(10-16-53)29-5-7-36-37(23-29)52(3)50-40(36)55-19-13-38(56)48-43(55)58)20-32-22-35(6-4-31(32)24-45)61(59,60)54-17-11-34(12-18-54)47-42-46-25-33-21-30(8-14-44)41(57)51(2)39(33)49-42/h4-7,21-23,25,27-28,34H,8-13,15-20,26H2,1-3H3,(H,46,47,49)(H,48,56,58). The third-order valence-electron chi connectivity index (χ3n) is 12.3. The zero-order valence-electron chi connectivity index (χ0n) is 34.5. The van der Waals surface area contributed by atoms with Crippen molar-refractivity contribution in [3.05, 3.63) is 81.3 Å². The summed E-state index contributed by atoms with van der Waals surface area (Å²) < 4.78 is 32.6. The van der Waals surface area contributed by atoms with Crippen LogP contribution in [0.25, 0.3) is 21.9 Å². The molecule has 17 nitrogen and oxygen atoms in total. The fourth-order valence-electron chi connectivity index (χ4n) is 8.98. The van der Waals surface area contributed by atoms with Gasteiger partial charge in [-0.3, -0.25) is 29.1 Å². The summed E-state index contributed by atoms with van der Waals surface area (Å²) in [7, 11) is -0.342. The highest BCUT2D eigenvalue weighted by Crippen LogP contribution is 2.34. The number of aryl methyl sites for hydroxylation is 2. The van der Waals surface area contributed by atoms with E-state index < -0.39 is 16.1 Å². The minimum absolute atomic E-state index is 0.000587. The summed E-state index contributed by atoms with van der Waals surface area (Å²) in [5.41, 5.74) is 3.91. The van der Waals surface area contributed by atoms with Crippen molar-refractivity contribution < 1.29 is 18.0 Å². The van der Waals surface area contributed by atoms with E-state index in [2.05, 4.69) is 55.7 Å². The number of nitrogens with zero attached hydrogens (tertiary/aromatic N) is 10. The second kappa shape index (κ2) is 17.0. The van der Waals surface area contributed by atoms with E-state index >= 15 is 0 Å². The van der Waals surface area contributed by atoms with Crippen molar-refractivity contribution in [2.45, 2.75) is 68.7 Å². The molecule has 5 aromatic rings. The van der Waals surface area contributed by atoms with E-state index in [4.69, 9.17) is 5.26 Å². The molecule has 18 heteroatoms. The van der Waals surface area contributed by atoms with E-state index in [0.29, 0.717) is 78.7 Å². The lowest BCUT2D eigenvalue weighted by Gasteiger charge is -2.34. The highest BCUT2D eigenvalue weighted by molar-refractivity contribution is 7.89. The fraction of sp³-hybridized carbons (Fsp3) is 0.442. The molecule has 3 fully saturated rings. The average Bonchev–Trinajstić information content (AvgIpc) is 3.58. The number of amides is 3. The van der Waals surface area contributed by atoms with E-state index in [0.717, 1.165) is 48.9 Å². The van der Waals surface area contributed by atoms with Crippen LogP contribution in [0, 0.1) is 28.6 Å². The molecule has 3 aliphatic rings. The molecule has 0 saturated carbocycles. The zero-order chi connectivity index (χ0) is 43.0. The van der Waals surface area contributed by atoms with Gasteiger partial charge in [-0.15, -0.1) is 0 Å². The lowest BCUT2D eigenvalue weighted by Crippen LogP contribution is -2.49. The second-order valence-electron chi connectivity index (χ2n) is 16.5. The van der Waals surface area contributed by atoms with Crippen molar-refractivity contribution in [1.82, 2.24) is 38.8 Å². The first-order valence-corrected chi connectivity index (χ1v) is 22.1. The highest BCUT2D eigenvalue weighted by Gasteiger charge is 2.32. The molecule has 0 radical (unpaired) electrons. The summed E-state index contributed by atoms with van der Waals surface area (Å²) >= 11 is 0. The molecule has 2 N–H and O–H groups in total. The molecule has 3 aromatic heterocycles. The molecule has 2 aromatic carbocycles. The van der Waals surface area contributed by atoms with Crippen molar-refractivity contribution in [3.63, 3.8) is 0 Å². The number of carbonyl (C=O) groups excluding carboxylic acids is 2. The second-order valence-corrected chi connectivity index (χ2v) is 18.4. The predicted octanol–water partition coefficient (Wildman–Crippen LogP) is 3.92. The van der Waals surface area contributed by atoms with Crippen LogP contribution in [0.15, 0.2) is 58.4 Å². The molecule has 6 heterocycles. The van der Waals surface area contributed by atoms with Crippen LogP contribution < -0.4 is 21.1 Å². The highest BCUT2D eigenvalue weighted by atomic mass is 32.2. The van der Waals surface area contributed by atoms with E-state index in [1.165, 1.54) is 25.4 Å². The summed E-state index contributed by atoms with van der Waals surface area (Å²) in [5.74, 6) is 1.16. The Morgan fingerprint density at radius 1 is 0.951 bits per heavy atom. The summed E-state index contributed by atoms with van der Waals surface area (Å²) in [5, 5.41) is 30.9. The largest absolute Gasteiger partial charge is 0.351 e. The maximum atomic E-state index is 13.9. The first kappa shape index (κ1) is 41.5. The predicted molar refractivity (Wildman–Crippen MR) is 228 cm³/mol. The number of anilines is 2. The number of urea groups is 1. The van der Waals surface area contributed by atoms with Gasteiger partial charge in [-0.05, 0) is 105 Å². The number of nitriles is 2. The van der Waals surface area contributed by atoms with E-state index in [-0.39, 0.29) is 41.2 Å². The Hall–Kier alpha value is -6.21. The topological polar surface area (TPSA) is 215 Å². The van der Waals surface area contributed by atoms with Crippen molar-refractivity contribution in [2.75, 3.05) is 49.5 Å². The summed E-state index contributed by atoms with van der Waals surface area (Å²) in [6.07, 6.45) is 5.43. The van der Waals surface area contributed by atoms with Gasteiger partial charge in [0.1, 0.15) is 5.65 Å². The number of nitrogens with one attached hydrogen (secondary N) is 2. The Morgan fingerprint density at radius 3 is 2.44 bits per heavy atom. The lowest BCUT2D eigenvalue weighted by atomic mass is 9.88. The number of benzene rings is 2. The normalized spacial score (nSPS) is 18.0. The van der Waals surface area contributed by atoms with Crippen LogP contribution >= 0.6 is 0 Å². The third kappa shape index (κ3) is 8.43. The van der Waals surface area contributed by atoms with Gasteiger partial charge in [0.05, 0.1) is 34.5 Å². The number of likely N-dealkylation sites (tertiary alicyclic amines) is 1. The van der Waals surface area contributed by atoms with Gasteiger partial charge in [0, 0.05) is 75.3 Å². The molecule has 3 amide bonds. The molecule has 1 unspecified atom stereocenters. The molecule has 0 aliphatic carbocycles. The smallest absolute Gasteiger partial charge is 0.329 e. The summed E-state index contributed by atoms with van der Waals surface area (Å²) in [6, 6.07) is 16.5. The molecule has 0 bridgehead atoms. The quantitative estimate of drug-likeness (QED) is 0.194. The molecule has 0 spiro atoms. The van der Waals surface area contributed by atoms with Gasteiger partial charge >= 0.3 is 6.03 Å². The van der Waals surface area contributed by atoms with Crippen LogP contribution in [0.2, 0.25) is 0 Å². The minimum atomic E-state index is -3.82. The maximum absolute atomic E-state index is 13.9. The van der Waals surface area contributed by atoms with Gasteiger partial charge in [-0.25, -0.2) is 18.2 Å². The van der Waals surface area contributed by atoms with Crippen LogP contribution in [0.3, 0.4) is 0 Å². The van der Waals surface area contributed by atoms with Crippen molar-refractivity contribution in [2.24, 2.45) is 20.0 Å². The van der Waals surface area contributed by atoms with Crippen LogP contribution in [-0.4, -0.2) is 99.2 Å². The fourth-order valence-corrected chi connectivity index (χ4v) is 10.5. The molecule has 3 aliphatic heterocycles. The minimum Gasteiger partial charge on any atom is -0.351 e. The Labute approximate surface area is 353 Å². The number of hydrogen-bond acceptors (Lipinski definition) is 12. The molecule has 61 heavy (non-hydrogen) atoms. The van der Waals surface area contributed by atoms with Crippen molar-refractivity contribution >= 4 is 55.7 Å². The van der Waals surface area contributed by atoms with Crippen LogP contribution in [-0.2, 0) is 41.8 Å². The zero-order valence-corrected chi connectivity index (χ0v) is 35.3. The number of pyridine rings is 1. The Bertz CT molecular complexity index is 2790. The van der Waals surface area contributed by atoms with Gasteiger partial charge in [-0.1, -0.05) is 13.0 Å². The molecule has 3 saturated heterocycles. The van der Waals surface area contributed by atoms with Gasteiger partial charge in [0.25, 0.3) is 5.56 Å². The van der Waals surface area contributed by atoms with Crippen LogP contribution in [0.5, 0.6) is 0 Å². The monoisotopic (exact) mass is 844 g/mol. The number of piperidine rings is 2. The average molecular weight is 845 g/mol. The van der Waals surface area contributed by atoms with Gasteiger partial charge < -0.3 is 10.2 Å². The van der Waals surface area contributed by atoms with Crippen molar-refractivity contribution in [1.29, 1.82) is 10.5 Å². The van der Waals surface area contributed by atoms with E-state index in [9.17, 15) is 28.1 Å². The number of hydrogen-bond donors (Lipinski definition) is 2. The summed E-state index contributed by atoms with van der Waals surface area (Å²) in [6.45, 7) is 5.66. The van der Waals surface area contributed by atoms with Crippen LogP contribution in [0.1, 0.15) is 67.2 Å². The van der Waals surface area contributed by atoms with Crippen molar-refractivity contribution in [3.8, 4) is 12.1 Å². The van der Waals surface area contributed by atoms with Gasteiger partial charge in [0.15, 0.2) is 5.82 Å². The Balaban J connectivity index is 0.857.